The van der Waals surface area contributed by atoms with Crippen LogP contribution in [0.25, 0.3) is 10.8 Å². The number of carbonyl (C=O) groups excluding carboxylic acids is 2. The lowest BCUT2D eigenvalue weighted by Gasteiger charge is -2.18. The van der Waals surface area contributed by atoms with Crippen LogP contribution in [-0.2, 0) is 27.8 Å². The van der Waals surface area contributed by atoms with E-state index >= 15 is 0 Å². The van der Waals surface area contributed by atoms with Gasteiger partial charge in [0.15, 0.2) is 6.61 Å². The molecule has 0 aliphatic rings. The maximum Gasteiger partial charge on any atom is 0.312 e. The molecule has 0 spiro atoms. The summed E-state index contributed by atoms with van der Waals surface area (Å²) in [6.45, 7) is 4.58. The SMILES string of the molecule is CCN(CC)C(=O)COC(=O)Cc1nn(C)c(=O)c2ccccc12. The lowest BCUT2D eigenvalue weighted by Crippen LogP contribution is -2.34. The number of aryl methyl sites for hydroxylation is 1. The molecule has 2 rings (SSSR count). The summed E-state index contributed by atoms with van der Waals surface area (Å²) in [5.74, 6) is -0.779. The van der Waals surface area contributed by atoms with E-state index in [1.165, 1.54) is 11.7 Å². The van der Waals surface area contributed by atoms with E-state index in [1.807, 2.05) is 13.8 Å². The van der Waals surface area contributed by atoms with Crippen molar-refractivity contribution in [2.24, 2.45) is 7.05 Å². The second kappa shape index (κ2) is 7.72. The molecular weight excluding hydrogens is 310 g/mol. The van der Waals surface area contributed by atoms with Gasteiger partial charge >= 0.3 is 5.97 Å². The second-order valence-electron chi connectivity index (χ2n) is 5.32. The van der Waals surface area contributed by atoms with Crippen molar-refractivity contribution in [2.75, 3.05) is 19.7 Å². The van der Waals surface area contributed by atoms with E-state index in [-0.39, 0.29) is 24.5 Å². The zero-order valence-corrected chi connectivity index (χ0v) is 14.1. The Labute approximate surface area is 139 Å². The van der Waals surface area contributed by atoms with Crippen molar-refractivity contribution in [3.63, 3.8) is 0 Å². The number of ether oxygens (including phenoxy) is 1. The predicted molar refractivity (Wildman–Crippen MR) is 89.6 cm³/mol. The number of benzene rings is 1. The van der Waals surface area contributed by atoms with E-state index in [1.54, 1.807) is 29.2 Å². The Balaban J connectivity index is 2.13. The van der Waals surface area contributed by atoms with Crippen LogP contribution in [0.2, 0.25) is 0 Å². The molecule has 0 radical (unpaired) electrons. The molecule has 0 saturated heterocycles. The lowest BCUT2D eigenvalue weighted by molar-refractivity contribution is -0.151. The molecular formula is C17H21N3O4. The van der Waals surface area contributed by atoms with Crippen LogP contribution in [0.3, 0.4) is 0 Å². The highest BCUT2D eigenvalue weighted by molar-refractivity contribution is 5.87. The zero-order chi connectivity index (χ0) is 17.7. The van der Waals surface area contributed by atoms with Crippen LogP contribution >= 0.6 is 0 Å². The molecule has 0 aliphatic carbocycles. The van der Waals surface area contributed by atoms with Crippen molar-refractivity contribution in [2.45, 2.75) is 20.3 Å². The maximum absolute atomic E-state index is 12.1. The van der Waals surface area contributed by atoms with Gasteiger partial charge in [0.05, 0.1) is 17.5 Å². The van der Waals surface area contributed by atoms with Crippen LogP contribution in [0.15, 0.2) is 29.1 Å². The Kier molecular flexibility index (Phi) is 5.68. The van der Waals surface area contributed by atoms with Crippen LogP contribution in [0.1, 0.15) is 19.5 Å². The lowest BCUT2D eigenvalue weighted by atomic mass is 10.1. The molecule has 1 amide bonds. The first-order chi connectivity index (χ1) is 11.5. The van der Waals surface area contributed by atoms with Crippen molar-refractivity contribution in [3.05, 3.63) is 40.3 Å². The van der Waals surface area contributed by atoms with E-state index in [4.69, 9.17) is 4.74 Å². The summed E-state index contributed by atoms with van der Waals surface area (Å²) < 4.78 is 6.25. The first-order valence-corrected chi connectivity index (χ1v) is 7.86. The fraction of sp³-hybridized carbons (Fsp3) is 0.412. The summed E-state index contributed by atoms with van der Waals surface area (Å²) in [5, 5.41) is 5.26. The van der Waals surface area contributed by atoms with Crippen molar-refractivity contribution in [3.8, 4) is 0 Å². The molecule has 0 aliphatic heterocycles. The highest BCUT2D eigenvalue weighted by atomic mass is 16.5. The van der Waals surface area contributed by atoms with Gasteiger partial charge in [0.2, 0.25) is 0 Å². The smallest absolute Gasteiger partial charge is 0.312 e. The molecule has 1 heterocycles. The second-order valence-corrected chi connectivity index (χ2v) is 5.32. The molecule has 0 fully saturated rings. The van der Waals surface area contributed by atoms with E-state index in [2.05, 4.69) is 5.10 Å². The van der Waals surface area contributed by atoms with Crippen LogP contribution in [0.4, 0.5) is 0 Å². The molecule has 0 atom stereocenters. The summed E-state index contributed by atoms with van der Waals surface area (Å²) in [4.78, 5) is 37.5. The minimum atomic E-state index is -0.549. The number of amides is 1. The molecule has 24 heavy (non-hydrogen) atoms. The standard InChI is InChI=1S/C17H21N3O4/c1-4-20(5-2)15(21)11-24-16(22)10-14-12-8-6-7-9-13(12)17(23)19(3)18-14/h6-9H,4-5,10-11H2,1-3H3. The largest absolute Gasteiger partial charge is 0.455 e. The fourth-order valence-electron chi connectivity index (χ4n) is 2.50. The predicted octanol–water partition coefficient (Wildman–Crippen LogP) is 0.888. The molecule has 128 valence electrons. The van der Waals surface area contributed by atoms with E-state index in [9.17, 15) is 14.4 Å². The van der Waals surface area contributed by atoms with Crippen LogP contribution in [-0.4, -0.2) is 46.3 Å². The third kappa shape index (κ3) is 3.79. The van der Waals surface area contributed by atoms with Gasteiger partial charge in [-0.15, -0.1) is 0 Å². The molecule has 7 nitrogen and oxygen atoms in total. The number of nitrogens with zero attached hydrogens (tertiary/aromatic N) is 3. The first-order valence-electron chi connectivity index (χ1n) is 7.86. The average Bonchev–Trinajstić information content (AvgIpc) is 2.58. The number of esters is 1. The first kappa shape index (κ1) is 17.7. The van der Waals surface area contributed by atoms with Gasteiger partial charge in [-0.25, -0.2) is 4.68 Å². The van der Waals surface area contributed by atoms with Crippen molar-refractivity contribution in [1.82, 2.24) is 14.7 Å². The molecule has 1 aromatic carbocycles. The van der Waals surface area contributed by atoms with E-state index in [0.29, 0.717) is 29.6 Å². The normalized spacial score (nSPS) is 10.6. The van der Waals surface area contributed by atoms with Gasteiger partial charge in [-0.1, -0.05) is 18.2 Å². The third-order valence-corrected chi connectivity index (χ3v) is 3.82. The number of aromatic nitrogens is 2. The van der Waals surface area contributed by atoms with Crippen LogP contribution in [0, 0.1) is 0 Å². The summed E-state index contributed by atoms with van der Waals surface area (Å²) in [6.07, 6.45) is -0.0971. The van der Waals surface area contributed by atoms with Gasteiger partial charge in [0.25, 0.3) is 11.5 Å². The van der Waals surface area contributed by atoms with Gasteiger partial charge in [0, 0.05) is 25.5 Å². The van der Waals surface area contributed by atoms with Crippen molar-refractivity contribution >= 4 is 22.6 Å². The number of hydrogen-bond acceptors (Lipinski definition) is 5. The van der Waals surface area contributed by atoms with Gasteiger partial charge in [-0.05, 0) is 19.9 Å². The quantitative estimate of drug-likeness (QED) is 0.734. The highest BCUT2D eigenvalue weighted by Gasteiger charge is 2.16. The zero-order valence-electron chi connectivity index (χ0n) is 14.1. The Morgan fingerprint density at radius 1 is 1.17 bits per heavy atom. The summed E-state index contributed by atoms with van der Waals surface area (Å²) >= 11 is 0. The maximum atomic E-state index is 12.1. The van der Waals surface area contributed by atoms with E-state index in [0.717, 1.165) is 0 Å². The third-order valence-electron chi connectivity index (χ3n) is 3.82. The molecule has 2 aromatic rings. The Hall–Kier alpha value is -2.70. The number of likely N-dealkylation sites (N-methyl/N-ethyl adjacent to an activating group) is 1. The van der Waals surface area contributed by atoms with E-state index < -0.39 is 5.97 Å². The average molecular weight is 331 g/mol. The Morgan fingerprint density at radius 3 is 2.42 bits per heavy atom. The monoisotopic (exact) mass is 331 g/mol. The molecule has 1 aromatic heterocycles. The van der Waals surface area contributed by atoms with Gasteiger partial charge < -0.3 is 9.64 Å². The summed E-state index contributed by atoms with van der Waals surface area (Å²) in [7, 11) is 1.54. The number of hydrogen-bond donors (Lipinski definition) is 0. The van der Waals surface area contributed by atoms with Gasteiger partial charge in [0.1, 0.15) is 0 Å². The summed E-state index contributed by atoms with van der Waals surface area (Å²) in [5.41, 5.74) is 0.229. The highest BCUT2D eigenvalue weighted by Crippen LogP contribution is 2.13. The minimum absolute atomic E-state index is 0.0971. The molecule has 0 bridgehead atoms. The Bertz CT molecular complexity index is 809. The molecule has 7 heteroatoms. The van der Waals surface area contributed by atoms with Crippen molar-refractivity contribution < 1.29 is 14.3 Å². The van der Waals surface area contributed by atoms with Crippen LogP contribution in [0.5, 0.6) is 0 Å². The minimum Gasteiger partial charge on any atom is -0.455 e. The topological polar surface area (TPSA) is 81.5 Å². The van der Waals surface area contributed by atoms with Gasteiger partial charge in [-0.2, -0.15) is 5.10 Å². The molecule has 0 N–H and O–H groups in total. The summed E-state index contributed by atoms with van der Waals surface area (Å²) in [6, 6.07) is 6.97. The van der Waals surface area contributed by atoms with Crippen molar-refractivity contribution in [1.29, 1.82) is 0 Å². The van der Waals surface area contributed by atoms with Crippen LogP contribution < -0.4 is 5.56 Å². The number of rotatable bonds is 6. The molecule has 0 saturated carbocycles. The number of carbonyl (C=O) groups is 2. The molecule has 0 unspecified atom stereocenters. The Morgan fingerprint density at radius 2 is 1.79 bits per heavy atom. The number of fused-ring (bicyclic) bond motifs is 1. The fourth-order valence-corrected chi connectivity index (χ4v) is 2.50. The van der Waals surface area contributed by atoms with Gasteiger partial charge in [-0.3, -0.25) is 14.4 Å².